The van der Waals surface area contributed by atoms with E-state index in [4.69, 9.17) is 4.74 Å². The monoisotopic (exact) mass is 382 g/mol. The Bertz CT molecular complexity index is 807. The Hall–Kier alpha value is -2.86. The lowest BCUT2D eigenvalue weighted by Crippen LogP contribution is -2.33. The maximum Gasteiger partial charge on any atom is 0.224 e. The number of amides is 2. The third kappa shape index (κ3) is 5.57. The number of aryl methyl sites for hydroxylation is 1. The Morgan fingerprint density at radius 2 is 1.96 bits per heavy atom. The van der Waals surface area contributed by atoms with Gasteiger partial charge < -0.3 is 20.1 Å². The van der Waals surface area contributed by atoms with Gasteiger partial charge in [0.15, 0.2) is 0 Å². The van der Waals surface area contributed by atoms with Gasteiger partial charge in [-0.05, 0) is 42.2 Å². The summed E-state index contributed by atoms with van der Waals surface area (Å²) >= 11 is 0. The van der Waals surface area contributed by atoms with Crippen LogP contribution in [0.5, 0.6) is 5.75 Å². The van der Waals surface area contributed by atoms with Crippen molar-refractivity contribution in [2.24, 2.45) is 0 Å². The first-order valence-electron chi connectivity index (χ1n) is 9.64. The molecule has 6 heteroatoms. The number of ether oxygens (including phenoxy) is 1. The van der Waals surface area contributed by atoms with Crippen molar-refractivity contribution in [3.63, 3.8) is 0 Å². The molecular weight excluding hydrogens is 356 g/mol. The van der Waals surface area contributed by atoms with E-state index in [1.54, 1.807) is 4.90 Å². The van der Waals surface area contributed by atoms with Crippen LogP contribution in [0.2, 0.25) is 0 Å². The minimum atomic E-state index is -0.0548. The molecule has 0 saturated heterocycles. The van der Waals surface area contributed by atoms with Gasteiger partial charge in [0.2, 0.25) is 11.8 Å². The lowest BCUT2D eigenvalue weighted by molar-refractivity contribution is -0.132. The van der Waals surface area contributed by atoms with Crippen LogP contribution in [-0.4, -0.2) is 41.6 Å². The predicted octanol–water partition coefficient (Wildman–Crippen LogP) is 2.75. The molecule has 0 fully saturated rings. The van der Waals surface area contributed by atoms with Crippen molar-refractivity contribution >= 4 is 17.5 Å². The van der Waals surface area contributed by atoms with Gasteiger partial charge in [-0.1, -0.05) is 30.3 Å². The fourth-order valence-electron chi connectivity index (χ4n) is 3.24. The van der Waals surface area contributed by atoms with Crippen molar-refractivity contribution in [3.05, 3.63) is 59.7 Å². The average molecular weight is 382 g/mol. The largest absolute Gasteiger partial charge is 0.494 e. The Kier molecular flexibility index (Phi) is 7.03. The second-order valence-corrected chi connectivity index (χ2v) is 6.84. The summed E-state index contributed by atoms with van der Waals surface area (Å²) in [7, 11) is 0. The van der Waals surface area contributed by atoms with Crippen molar-refractivity contribution in [3.8, 4) is 5.75 Å². The second-order valence-electron chi connectivity index (χ2n) is 6.84. The van der Waals surface area contributed by atoms with E-state index < -0.39 is 0 Å². The number of carbonyl (C=O) groups excluding carboxylic acids is 2. The Morgan fingerprint density at radius 3 is 2.75 bits per heavy atom. The van der Waals surface area contributed by atoms with E-state index in [0.717, 1.165) is 22.6 Å². The third-order valence-electron chi connectivity index (χ3n) is 4.71. The molecule has 2 amide bonds. The van der Waals surface area contributed by atoms with E-state index in [0.29, 0.717) is 45.4 Å². The third-order valence-corrected chi connectivity index (χ3v) is 4.71. The number of carbonyl (C=O) groups is 2. The topological polar surface area (TPSA) is 78.9 Å². The maximum atomic E-state index is 12.5. The Balaban J connectivity index is 1.45. The average Bonchev–Trinajstić information content (AvgIpc) is 2.71. The zero-order chi connectivity index (χ0) is 19.8. The van der Waals surface area contributed by atoms with Crippen LogP contribution < -0.4 is 10.1 Å². The second kappa shape index (κ2) is 9.90. The van der Waals surface area contributed by atoms with E-state index in [1.165, 1.54) is 0 Å². The van der Waals surface area contributed by atoms with Crippen LogP contribution in [-0.2, 0) is 22.6 Å². The van der Waals surface area contributed by atoms with Gasteiger partial charge in [0.05, 0.1) is 13.2 Å². The summed E-state index contributed by atoms with van der Waals surface area (Å²) in [6.07, 6.45) is 2.18. The Morgan fingerprint density at radius 1 is 1.14 bits per heavy atom. The standard InChI is InChI=1S/C22H26N2O4/c25-13-12-24(16-17-5-2-1-3-6-17)22(27)7-4-14-28-19-9-10-20-18(15-19)8-11-21(26)23-20/h1-3,5-6,9-10,15,25H,4,7-8,11-14,16H2,(H,23,26). The Labute approximate surface area is 165 Å². The van der Waals surface area contributed by atoms with Gasteiger partial charge >= 0.3 is 0 Å². The summed E-state index contributed by atoms with van der Waals surface area (Å²) in [6.45, 7) is 1.21. The molecule has 0 atom stereocenters. The molecule has 1 aliphatic heterocycles. The van der Waals surface area contributed by atoms with Crippen LogP contribution >= 0.6 is 0 Å². The first kappa shape index (κ1) is 19.9. The lowest BCUT2D eigenvalue weighted by atomic mass is 10.0. The molecule has 2 aromatic rings. The molecule has 0 bridgehead atoms. The highest BCUT2D eigenvalue weighted by Gasteiger charge is 2.16. The van der Waals surface area contributed by atoms with E-state index in [1.807, 2.05) is 48.5 Å². The van der Waals surface area contributed by atoms with Crippen molar-refractivity contribution in [2.75, 3.05) is 25.1 Å². The summed E-state index contributed by atoms with van der Waals surface area (Å²) in [5.41, 5.74) is 2.96. The van der Waals surface area contributed by atoms with Gasteiger partial charge in [-0.15, -0.1) is 0 Å². The SMILES string of the molecule is O=C1CCc2cc(OCCCC(=O)N(CCO)Cc3ccccc3)ccc2N1. The molecular formula is C22H26N2O4. The lowest BCUT2D eigenvalue weighted by Gasteiger charge is -2.22. The minimum absolute atomic E-state index is 0.00894. The molecule has 1 heterocycles. The number of anilines is 1. The van der Waals surface area contributed by atoms with Crippen molar-refractivity contribution in [1.29, 1.82) is 0 Å². The summed E-state index contributed by atoms with van der Waals surface area (Å²) < 4.78 is 5.77. The molecule has 0 saturated carbocycles. The predicted molar refractivity (Wildman–Crippen MR) is 107 cm³/mol. The van der Waals surface area contributed by atoms with Crippen LogP contribution in [0, 0.1) is 0 Å². The van der Waals surface area contributed by atoms with E-state index in [9.17, 15) is 14.7 Å². The quantitative estimate of drug-likeness (QED) is 0.654. The van der Waals surface area contributed by atoms with Crippen LogP contribution in [0.1, 0.15) is 30.4 Å². The number of nitrogens with zero attached hydrogens (tertiary/aromatic N) is 1. The van der Waals surface area contributed by atoms with Gasteiger partial charge in [0.25, 0.3) is 0 Å². The van der Waals surface area contributed by atoms with Crippen molar-refractivity contribution in [2.45, 2.75) is 32.2 Å². The molecule has 0 radical (unpaired) electrons. The zero-order valence-electron chi connectivity index (χ0n) is 15.9. The highest BCUT2D eigenvalue weighted by molar-refractivity contribution is 5.94. The minimum Gasteiger partial charge on any atom is -0.494 e. The van der Waals surface area contributed by atoms with Crippen LogP contribution in [0.25, 0.3) is 0 Å². The number of nitrogens with one attached hydrogen (secondary N) is 1. The number of fused-ring (bicyclic) bond motifs is 1. The molecule has 1 aliphatic rings. The highest BCUT2D eigenvalue weighted by Crippen LogP contribution is 2.26. The zero-order valence-corrected chi connectivity index (χ0v) is 15.9. The molecule has 2 aromatic carbocycles. The maximum absolute atomic E-state index is 12.5. The van der Waals surface area contributed by atoms with Gasteiger partial charge in [0, 0.05) is 31.6 Å². The fourth-order valence-corrected chi connectivity index (χ4v) is 3.24. The number of hydrogen-bond acceptors (Lipinski definition) is 4. The molecule has 28 heavy (non-hydrogen) atoms. The molecule has 0 aliphatic carbocycles. The highest BCUT2D eigenvalue weighted by atomic mass is 16.5. The van der Waals surface area contributed by atoms with E-state index in [-0.39, 0.29) is 18.4 Å². The molecule has 0 aromatic heterocycles. The van der Waals surface area contributed by atoms with E-state index >= 15 is 0 Å². The van der Waals surface area contributed by atoms with E-state index in [2.05, 4.69) is 5.32 Å². The van der Waals surface area contributed by atoms with Gasteiger partial charge in [-0.2, -0.15) is 0 Å². The normalized spacial score (nSPS) is 12.8. The summed E-state index contributed by atoms with van der Waals surface area (Å²) in [4.78, 5) is 25.6. The molecule has 3 rings (SSSR count). The molecule has 6 nitrogen and oxygen atoms in total. The van der Waals surface area contributed by atoms with Gasteiger partial charge in [-0.3, -0.25) is 9.59 Å². The first-order valence-corrected chi connectivity index (χ1v) is 9.64. The summed E-state index contributed by atoms with van der Waals surface area (Å²) in [5, 5.41) is 12.1. The molecule has 0 spiro atoms. The number of aliphatic hydroxyl groups is 1. The number of rotatable bonds is 9. The van der Waals surface area contributed by atoms with Gasteiger partial charge in [-0.25, -0.2) is 0 Å². The molecule has 148 valence electrons. The van der Waals surface area contributed by atoms with Gasteiger partial charge in [0.1, 0.15) is 5.75 Å². The number of aliphatic hydroxyl groups excluding tert-OH is 1. The van der Waals surface area contributed by atoms with Crippen LogP contribution in [0.3, 0.4) is 0 Å². The number of hydrogen-bond donors (Lipinski definition) is 2. The summed E-state index contributed by atoms with van der Waals surface area (Å²) in [6, 6.07) is 15.4. The first-order chi connectivity index (χ1) is 13.7. The molecule has 2 N–H and O–H groups in total. The van der Waals surface area contributed by atoms with Crippen LogP contribution in [0.15, 0.2) is 48.5 Å². The number of benzene rings is 2. The summed E-state index contributed by atoms with van der Waals surface area (Å²) in [5.74, 6) is 0.802. The van der Waals surface area contributed by atoms with Crippen molar-refractivity contribution in [1.82, 2.24) is 4.90 Å². The smallest absolute Gasteiger partial charge is 0.224 e. The fraction of sp³-hybridized carbons (Fsp3) is 0.364. The van der Waals surface area contributed by atoms with Crippen LogP contribution in [0.4, 0.5) is 5.69 Å². The van der Waals surface area contributed by atoms with Crippen molar-refractivity contribution < 1.29 is 19.4 Å². The molecule has 0 unspecified atom stereocenters.